The van der Waals surface area contributed by atoms with Crippen LogP contribution in [0.2, 0.25) is 5.02 Å². The summed E-state index contributed by atoms with van der Waals surface area (Å²) in [5.41, 5.74) is 0.853. The number of nitrogens with one attached hydrogen (secondary N) is 1. The van der Waals surface area contributed by atoms with E-state index in [2.05, 4.69) is 49.9 Å². The molecule has 21 heavy (non-hydrogen) atoms. The molecular weight excluding hydrogens is 403 g/mol. The molecule has 0 saturated carbocycles. The fraction of sp³-hybridized carbons (Fsp3) is 0.429. The first-order chi connectivity index (χ1) is 10.1. The Morgan fingerprint density at radius 2 is 2.14 bits per heavy atom. The van der Waals surface area contributed by atoms with Gasteiger partial charge in [-0.25, -0.2) is 0 Å². The molecule has 112 valence electrons. The largest absolute Gasteiger partial charge is 0.334 e. The lowest BCUT2D eigenvalue weighted by Crippen LogP contribution is -2.44. The van der Waals surface area contributed by atoms with Crippen molar-refractivity contribution in [3.8, 4) is 11.5 Å². The lowest BCUT2D eigenvalue weighted by atomic mass is 10.2. The molecule has 0 aliphatic carbocycles. The molecule has 1 N–H and O–H groups in total. The first-order valence-electron chi connectivity index (χ1n) is 6.89. The Balaban J connectivity index is 1.80. The Hall–Kier alpha value is -0.700. The van der Waals surface area contributed by atoms with Crippen LogP contribution in [0.25, 0.3) is 11.5 Å². The van der Waals surface area contributed by atoms with Crippen molar-refractivity contribution >= 4 is 34.2 Å². The quantitative estimate of drug-likeness (QED) is 0.777. The number of nitrogens with zero attached hydrogens (tertiary/aromatic N) is 3. The summed E-state index contributed by atoms with van der Waals surface area (Å²) in [4.78, 5) is 6.88. The predicted molar refractivity (Wildman–Crippen MR) is 90.3 cm³/mol. The minimum atomic E-state index is 0.156. The average molecular weight is 419 g/mol. The summed E-state index contributed by atoms with van der Waals surface area (Å²) in [7, 11) is 0. The van der Waals surface area contributed by atoms with E-state index >= 15 is 0 Å². The average Bonchev–Trinajstić information content (AvgIpc) is 3.00. The van der Waals surface area contributed by atoms with Crippen LogP contribution in [0.1, 0.15) is 18.8 Å². The van der Waals surface area contributed by atoms with Gasteiger partial charge < -0.3 is 9.84 Å². The van der Waals surface area contributed by atoms with E-state index in [-0.39, 0.29) is 6.04 Å². The minimum Gasteiger partial charge on any atom is -0.334 e. The van der Waals surface area contributed by atoms with Crippen LogP contribution in [0, 0.1) is 3.57 Å². The summed E-state index contributed by atoms with van der Waals surface area (Å²) >= 11 is 8.34. The molecule has 2 heterocycles. The topological polar surface area (TPSA) is 54.2 Å². The van der Waals surface area contributed by atoms with Crippen LogP contribution in [0.3, 0.4) is 0 Å². The maximum absolute atomic E-state index is 6.14. The second-order valence-corrected chi connectivity index (χ2v) is 6.62. The van der Waals surface area contributed by atoms with Crippen LogP contribution in [0.4, 0.5) is 0 Å². The van der Waals surface area contributed by atoms with E-state index in [1.807, 2.05) is 18.2 Å². The number of benzene rings is 1. The Bertz CT molecular complexity index is 627. The lowest BCUT2D eigenvalue weighted by molar-refractivity contribution is 0.176. The van der Waals surface area contributed by atoms with E-state index in [9.17, 15) is 0 Å². The molecule has 0 spiro atoms. The zero-order valence-electron chi connectivity index (χ0n) is 11.6. The Labute approximate surface area is 142 Å². The third-order valence-electron chi connectivity index (χ3n) is 3.68. The second-order valence-electron chi connectivity index (χ2n) is 5.05. The molecule has 1 fully saturated rings. The van der Waals surface area contributed by atoms with E-state index in [4.69, 9.17) is 16.1 Å². The smallest absolute Gasteiger partial charge is 0.258 e. The maximum atomic E-state index is 6.14. The van der Waals surface area contributed by atoms with E-state index in [0.717, 1.165) is 41.1 Å². The van der Waals surface area contributed by atoms with E-state index in [1.54, 1.807) is 0 Å². The van der Waals surface area contributed by atoms with Crippen LogP contribution in [-0.4, -0.2) is 41.2 Å². The second kappa shape index (κ2) is 6.60. The maximum Gasteiger partial charge on any atom is 0.258 e. The number of piperazine rings is 1. The van der Waals surface area contributed by atoms with Crippen molar-refractivity contribution in [2.75, 3.05) is 26.2 Å². The van der Waals surface area contributed by atoms with Crippen molar-refractivity contribution in [1.82, 2.24) is 20.4 Å². The summed E-state index contributed by atoms with van der Waals surface area (Å²) < 4.78 is 6.40. The summed E-state index contributed by atoms with van der Waals surface area (Å²) in [6.07, 6.45) is 0. The highest BCUT2D eigenvalue weighted by atomic mass is 127. The molecule has 1 aliphatic heterocycles. The van der Waals surface area contributed by atoms with Crippen molar-refractivity contribution in [2.45, 2.75) is 13.0 Å². The molecule has 1 saturated heterocycles. The van der Waals surface area contributed by atoms with Crippen LogP contribution < -0.4 is 5.32 Å². The highest BCUT2D eigenvalue weighted by Crippen LogP contribution is 2.27. The third kappa shape index (κ3) is 3.39. The standard InChI is InChI=1S/C14H16ClIN4O/c1-9(20-6-4-17-5-7-20)13-18-14(21-19-13)10-2-3-12(16)11(15)8-10/h2-3,8-9,17H,4-7H2,1H3. The predicted octanol–water partition coefficient (Wildman–Crippen LogP) is 2.96. The van der Waals surface area contributed by atoms with Gasteiger partial charge in [-0.05, 0) is 47.7 Å². The molecule has 1 aromatic carbocycles. The molecule has 0 amide bonds. The van der Waals surface area contributed by atoms with Gasteiger partial charge in [0.1, 0.15) is 0 Å². The van der Waals surface area contributed by atoms with Gasteiger partial charge in [0.25, 0.3) is 5.89 Å². The summed E-state index contributed by atoms with van der Waals surface area (Å²) in [6, 6.07) is 5.90. The summed E-state index contributed by atoms with van der Waals surface area (Å²) in [5.74, 6) is 1.24. The third-order valence-corrected chi connectivity index (χ3v) is 5.25. The molecule has 3 rings (SSSR count). The zero-order valence-corrected chi connectivity index (χ0v) is 14.6. The SMILES string of the molecule is CC(c1noc(-c2ccc(I)c(Cl)c2)n1)N1CCNCC1. The highest BCUT2D eigenvalue weighted by Gasteiger charge is 2.22. The molecule has 1 aliphatic rings. The fourth-order valence-electron chi connectivity index (χ4n) is 2.38. The Kier molecular flexibility index (Phi) is 4.78. The number of rotatable bonds is 3. The van der Waals surface area contributed by atoms with Gasteiger partial charge in [0, 0.05) is 35.3 Å². The molecule has 7 heteroatoms. The minimum absolute atomic E-state index is 0.156. The molecular formula is C14H16ClIN4O. The van der Waals surface area contributed by atoms with Gasteiger partial charge in [-0.1, -0.05) is 16.8 Å². The molecule has 1 aromatic heterocycles. The fourth-order valence-corrected chi connectivity index (χ4v) is 2.90. The summed E-state index contributed by atoms with van der Waals surface area (Å²) in [6.45, 7) is 6.12. The molecule has 0 bridgehead atoms. The summed E-state index contributed by atoms with van der Waals surface area (Å²) in [5, 5.41) is 8.17. The van der Waals surface area contributed by atoms with Crippen molar-refractivity contribution in [3.63, 3.8) is 0 Å². The molecule has 5 nitrogen and oxygen atoms in total. The van der Waals surface area contributed by atoms with Crippen molar-refractivity contribution in [2.24, 2.45) is 0 Å². The van der Waals surface area contributed by atoms with Crippen LogP contribution in [-0.2, 0) is 0 Å². The van der Waals surface area contributed by atoms with E-state index in [1.165, 1.54) is 0 Å². The van der Waals surface area contributed by atoms with Gasteiger partial charge in [-0.3, -0.25) is 4.90 Å². The van der Waals surface area contributed by atoms with Gasteiger partial charge >= 0.3 is 0 Å². The normalized spacial score (nSPS) is 17.9. The lowest BCUT2D eigenvalue weighted by Gasteiger charge is -2.30. The Morgan fingerprint density at radius 3 is 2.86 bits per heavy atom. The Morgan fingerprint density at radius 1 is 1.38 bits per heavy atom. The zero-order chi connectivity index (χ0) is 14.8. The van der Waals surface area contributed by atoms with Crippen LogP contribution in [0.5, 0.6) is 0 Å². The first kappa shape index (κ1) is 15.2. The molecule has 1 unspecified atom stereocenters. The molecule has 2 aromatic rings. The number of hydrogen-bond donors (Lipinski definition) is 1. The van der Waals surface area contributed by atoms with Gasteiger partial charge in [0.05, 0.1) is 11.1 Å². The van der Waals surface area contributed by atoms with Crippen molar-refractivity contribution in [3.05, 3.63) is 32.6 Å². The van der Waals surface area contributed by atoms with Gasteiger partial charge in [0.2, 0.25) is 0 Å². The van der Waals surface area contributed by atoms with Crippen molar-refractivity contribution in [1.29, 1.82) is 0 Å². The monoisotopic (exact) mass is 418 g/mol. The number of hydrogen-bond acceptors (Lipinski definition) is 5. The first-order valence-corrected chi connectivity index (χ1v) is 8.34. The van der Waals surface area contributed by atoms with Crippen LogP contribution >= 0.6 is 34.2 Å². The van der Waals surface area contributed by atoms with E-state index in [0.29, 0.717) is 10.9 Å². The van der Waals surface area contributed by atoms with Gasteiger partial charge in [0.15, 0.2) is 5.82 Å². The molecule has 0 radical (unpaired) electrons. The highest BCUT2D eigenvalue weighted by molar-refractivity contribution is 14.1. The van der Waals surface area contributed by atoms with E-state index < -0.39 is 0 Å². The molecule has 1 atom stereocenters. The van der Waals surface area contributed by atoms with Crippen molar-refractivity contribution < 1.29 is 4.52 Å². The van der Waals surface area contributed by atoms with Crippen LogP contribution in [0.15, 0.2) is 22.7 Å². The van der Waals surface area contributed by atoms with Gasteiger partial charge in [-0.2, -0.15) is 4.98 Å². The van der Waals surface area contributed by atoms with Gasteiger partial charge in [-0.15, -0.1) is 0 Å². The number of aromatic nitrogens is 2. The number of halogens is 2.